The minimum Gasteiger partial charge on any atom is -0.497 e. The van der Waals surface area contributed by atoms with E-state index in [1.54, 1.807) is 13.2 Å². The summed E-state index contributed by atoms with van der Waals surface area (Å²) in [5.74, 6) is 0.717. The molecule has 0 aliphatic heterocycles. The van der Waals surface area contributed by atoms with Gasteiger partial charge in [0, 0.05) is 10.0 Å². The van der Waals surface area contributed by atoms with Crippen LogP contribution in [0.2, 0.25) is 0 Å². The molecule has 0 fully saturated rings. The quantitative estimate of drug-likeness (QED) is 0.799. The van der Waals surface area contributed by atoms with Crippen molar-refractivity contribution in [3.63, 3.8) is 0 Å². The van der Waals surface area contributed by atoms with Gasteiger partial charge in [-0.1, -0.05) is 15.9 Å². The summed E-state index contributed by atoms with van der Waals surface area (Å²) in [4.78, 5) is 13.1. The van der Waals surface area contributed by atoms with Crippen LogP contribution < -0.4 is 4.74 Å². The topological polar surface area (TPSA) is 26.3 Å². The molecule has 0 unspecified atom stereocenters. The number of carbonyl (C=O) groups is 1. The number of rotatable bonds is 3. The fourth-order valence-corrected chi connectivity index (χ4v) is 2.84. The fourth-order valence-electron chi connectivity index (χ4n) is 1.53. The first-order valence-corrected chi connectivity index (χ1v) is 6.73. The molecule has 88 valence electrons. The monoisotopic (exact) mass is 310 g/mol. The van der Waals surface area contributed by atoms with Crippen LogP contribution in [-0.4, -0.2) is 12.9 Å². The summed E-state index contributed by atoms with van der Waals surface area (Å²) in [6.07, 6.45) is 0. The van der Waals surface area contributed by atoms with E-state index < -0.39 is 0 Å². The summed E-state index contributed by atoms with van der Waals surface area (Å²) in [6.45, 7) is 1.94. The summed E-state index contributed by atoms with van der Waals surface area (Å²) in [7, 11) is 1.59. The molecule has 1 aromatic carbocycles. The fraction of sp³-hybridized carbons (Fsp3) is 0.154. The summed E-state index contributed by atoms with van der Waals surface area (Å²) in [5.41, 5.74) is 1.64. The van der Waals surface area contributed by atoms with Gasteiger partial charge in [-0.3, -0.25) is 4.79 Å². The lowest BCUT2D eigenvalue weighted by Crippen LogP contribution is -2.02. The number of carbonyl (C=O) groups excluding carboxylic acids is 1. The van der Waals surface area contributed by atoms with Gasteiger partial charge in [-0.25, -0.2) is 0 Å². The van der Waals surface area contributed by atoms with Crippen molar-refractivity contribution in [3.05, 3.63) is 50.1 Å². The van der Waals surface area contributed by atoms with E-state index in [-0.39, 0.29) is 5.78 Å². The zero-order valence-electron chi connectivity index (χ0n) is 9.49. The lowest BCUT2D eigenvalue weighted by Gasteiger charge is -2.06. The minimum absolute atomic E-state index is 0.0308. The van der Waals surface area contributed by atoms with E-state index in [1.807, 2.05) is 30.5 Å². The molecule has 2 rings (SSSR count). The molecule has 0 amide bonds. The van der Waals surface area contributed by atoms with Crippen molar-refractivity contribution in [1.82, 2.24) is 0 Å². The number of halogens is 1. The molecule has 2 nitrogen and oxygen atoms in total. The lowest BCUT2D eigenvalue weighted by molar-refractivity contribution is 0.104. The van der Waals surface area contributed by atoms with Crippen molar-refractivity contribution < 1.29 is 9.53 Å². The molecule has 0 spiro atoms. The molecule has 1 heterocycles. The van der Waals surface area contributed by atoms with Crippen LogP contribution in [0.1, 0.15) is 20.8 Å². The third-order valence-electron chi connectivity index (χ3n) is 2.49. The van der Waals surface area contributed by atoms with E-state index in [9.17, 15) is 4.79 Å². The highest BCUT2D eigenvalue weighted by Crippen LogP contribution is 2.27. The molecular formula is C13H11BrO2S. The first-order valence-electron chi connectivity index (χ1n) is 5.06. The van der Waals surface area contributed by atoms with Crippen LogP contribution in [0.3, 0.4) is 0 Å². The Bertz CT molecular complexity index is 560. The van der Waals surface area contributed by atoms with Gasteiger partial charge in [-0.2, -0.15) is 0 Å². The maximum atomic E-state index is 12.3. The maximum Gasteiger partial charge on any atom is 0.204 e. The van der Waals surface area contributed by atoms with Crippen LogP contribution in [0.5, 0.6) is 5.75 Å². The van der Waals surface area contributed by atoms with Gasteiger partial charge in [-0.05, 0) is 42.1 Å². The Morgan fingerprint density at radius 1 is 1.35 bits per heavy atom. The van der Waals surface area contributed by atoms with Gasteiger partial charge < -0.3 is 4.74 Å². The Labute approximate surface area is 112 Å². The van der Waals surface area contributed by atoms with Crippen LogP contribution in [0.25, 0.3) is 0 Å². The Kier molecular flexibility index (Phi) is 3.64. The Morgan fingerprint density at radius 3 is 2.71 bits per heavy atom. The normalized spacial score (nSPS) is 10.3. The standard InChI is InChI=1S/C13H11BrO2S/c1-8-5-6-17-13(8)12(15)10-7-9(16-2)3-4-11(10)14/h3-7H,1-2H3. The number of hydrogen-bond acceptors (Lipinski definition) is 3. The second-order valence-corrected chi connectivity index (χ2v) is 5.38. The van der Waals surface area contributed by atoms with Crippen LogP contribution in [-0.2, 0) is 0 Å². The van der Waals surface area contributed by atoms with Crippen LogP contribution in [0.4, 0.5) is 0 Å². The third-order valence-corrected chi connectivity index (χ3v) is 4.19. The largest absolute Gasteiger partial charge is 0.497 e. The smallest absolute Gasteiger partial charge is 0.204 e. The van der Waals surface area contributed by atoms with Gasteiger partial charge in [0.25, 0.3) is 0 Å². The number of ketones is 1. The van der Waals surface area contributed by atoms with Gasteiger partial charge in [0.1, 0.15) is 5.75 Å². The molecule has 0 N–H and O–H groups in total. The number of methoxy groups -OCH3 is 1. The predicted octanol–water partition coefficient (Wildman–Crippen LogP) is 4.06. The molecule has 2 aromatic rings. The Morgan fingerprint density at radius 2 is 2.12 bits per heavy atom. The number of benzene rings is 1. The highest BCUT2D eigenvalue weighted by molar-refractivity contribution is 9.10. The summed E-state index contributed by atoms with van der Waals surface area (Å²) in [5, 5.41) is 1.93. The molecule has 4 heteroatoms. The van der Waals surface area contributed by atoms with Gasteiger partial charge >= 0.3 is 0 Å². The first-order chi connectivity index (χ1) is 8.13. The van der Waals surface area contributed by atoms with E-state index >= 15 is 0 Å². The summed E-state index contributed by atoms with van der Waals surface area (Å²) in [6, 6.07) is 7.36. The van der Waals surface area contributed by atoms with Gasteiger partial charge in [0.15, 0.2) is 0 Å². The molecule has 0 saturated carbocycles. The zero-order chi connectivity index (χ0) is 12.4. The highest BCUT2D eigenvalue weighted by Gasteiger charge is 2.16. The van der Waals surface area contributed by atoms with E-state index in [0.29, 0.717) is 11.3 Å². The predicted molar refractivity (Wildman–Crippen MR) is 73.2 cm³/mol. The molecule has 0 radical (unpaired) electrons. The minimum atomic E-state index is 0.0308. The van der Waals surface area contributed by atoms with Gasteiger partial charge in [0.05, 0.1) is 12.0 Å². The van der Waals surface area contributed by atoms with E-state index in [4.69, 9.17) is 4.74 Å². The highest BCUT2D eigenvalue weighted by atomic mass is 79.9. The van der Waals surface area contributed by atoms with Gasteiger partial charge in [0.2, 0.25) is 5.78 Å². The molecular weight excluding hydrogens is 300 g/mol. The number of hydrogen-bond donors (Lipinski definition) is 0. The van der Waals surface area contributed by atoms with Crippen molar-refractivity contribution >= 4 is 33.0 Å². The van der Waals surface area contributed by atoms with Crippen LogP contribution >= 0.6 is 27.3 Å². The van der Waals surface area contributed by atoms with E-state index in [1.165, 1.54) is 11.3 Å². The summed E-state index contributed by atoms with van der Waals surface area (Å²) < 4.78 is 5.93. The lowest BCUT2D eigenvalue weighted by atomic mass is 10.1. The second-order valence-electron chi connectivity index (χ2n) is 3.61. The molecule has 0 saturated heterocycles. The van der Waals surface area contributed by atoms with Crippen LogP contribution in [0.15, 0.2) is 34.1 Å². The third kappa shape index (κ3) is 2.42. The van der Waals surface area contributed by atoms with Crippen molar-refractivity contribution in [2.24, 2.45) is 0 Å². The number of aryl methyl sites for hydroxylation is 1. The molecule has 0 bridgehead atoms. The van der Waals surface area contributed by atoms with Crippen molar-refractivity contribution in [2.45, 2.75) is 6.92 Å². The average Bonchev–Trinajstić information content (AvgIpc) is 2.75. The average molecular weight is 311 g/mol. The van der Waals surface area contributed by atoms with Gasteiger partial charge in [-0.15, -0.1) is 11.3 Å². The van der Waals surface area contributed by atoms with Crippen molar-refractivity contribution in [3.8, 4) is 5.75 Å². The second kappa shape index (κ2) is 5.02. The van der Waals surface area contributed by atoms with Crippen molar-refractivity contribution in [2.75, 3.05) is 7.11 Å². The molecule has 17 heavy (non-hydrogen) atoms. The number of ether oxygens (including phenoxy) is 1. The molecule has 1 aromatic heterocycles. The molecule has 0 aliphatic carbocycles. The SMILES string of the molecule is COc1ccc(Br)c(C(=O)c2sccc2C)c1. The molecule has 0 atom stereocenters. The maximum absolute atomic E-state index is 12.3. The first kappa shape index (κ1) is 12.3. The molecule has 0 aliphatic rings. The Balaban J connectivity index is 2.47. The number of thiophene rings is 1. The van der Waals surface area contributed by atoms with E-state index in [2.05, 4.69) is 15.9 Å². The Hall–Kier alpha value is -1.13. The van der Waals surface area contributed by atoms with Crippen LogP contribution in [0, 0.1) is 6.92 Å². The van der Waals surface area contributed by atoms with E-state index in [0.717, 1.165) is 14.9 Å². The zero-order valence-corrected chi connectivity index (χ0v) is 11.9. The van der Waals surface area contributed by atoms with Crippen molar-refractivity contribution in [1.29, 1.82) is 0 Å². The summed E-state index contributed by atoms with van der Waals surface area (Å²) >= 11 is 4.86.